The van der Waals surface area contributed by atoms with E-state index in [4.69, 9.17) is 16.7 Å². The molecule has 1 saturated heterocycles. The molecule has 8 nitrogen and oxygen atoms in total. The van der Waals surface area contributed by atoms with E-state index in [-0.39, 0.29) is 18.3 Å². The second kappa shape index (κ2) is 8.51. The zero-order valence-electron chi connectivity index (χ0n) is 15.0. The number of piperazine rings is 1. The smallest absolute Gasteiger partial charge is 0.347 e. The number of hydrogen-bond donors (Lipinski definition) is 3. The third-order valence-corrected chi connectivity index (χ3v) is 4.77. The number of H-pyrrole nitrogens is 1. The van der Waals surface area contributed by atoms with E-state index in [1.165, 1.54) is 0 Å². The van der Waals surface area contributed by atoms with E-state index in [1.807, 2.05) is 0 Å². The molecule has 2 aromatic rings. The predicted molar refractivity (Wildman–Crippen MR) is 104 cm³/mol. The van der Waals surface area contributed by atoms with Gasteiger partial charge in [-0.3, -0.25) is 9.69 Å². The number of aryl methyl sites for hydroxylation is 1. The summed E-state index contributed by atoms with van der Waals surface area (Å²) in [6.45, 7) is 4.89. The molecule has 1 aliphatic heterocycles. The predicted octanol–water partition coefficient (Wildman–Crippen LogP) is 1.23. The summed E-state index contributed by atoms with van der Waals surface area (Å²) >= 11 is 5.90. The lowest BCUT2D eigenvalue weighted by atomic mass is 10.1. The van der Waals surface area contributed by atoms with Crippen LogP contribution in [0.4, 0.5) is 11.5 Å². The Morgan fingerprint density at radius 1 is 1.26 bits per heavy atom. The Morgan fingerprint density at radius 2 is 1.93 bits per heavy atom. The van der Waals surface area contributed by atoms with Crippen molar-refractivity contribution in [2.45, 2.75) is 6.92 Å². The van der Waals surface area contributed by atoms with Crippen LogP contribution in [0.1, 0.15) is 16.1 Å². The number of rotatable bonds is 5. The molecule has 9 heteroatoms. The van der Waals surface area contributed by atoms with E-state index in [2.05, 4.69) is 20.2 Å². The summed E-state index contributed by atoms with van der Waals surface area (Å²) in [4.78, 5) is 35.4. The van der Waals surface area contributed by atoms with Gasteiger partial charge in [0, 0.05) is 49.1 Å². The number of hydrogen-bond acceptors (Lipinski definition) is 6. The number of anilines is 2. The molecule has 1 aromatic carbocycles. The second-order valence-electron chi connectivity index (χ2n) is 6.38. The molecule has 1 aliphatic rings. The Bertz CT molecular complexity index is 860. The van der Waals surface area contributed by atoms with Crippen LogP contribution in [-0.2, 0) is 0 Å². The highest BCUT2D eigenvalue weighted by Gasteiger charge is 2.26. The van der Waals surface area contributed by atoms with E-state index >= 15 is 0 Å². The SMILES string of the molecule is Cc1[nH]c(=O)nc(Nc2ccc(Cl)cc2)c1C(=O)N1CCN(CCO)CC1. The van der Waals surface area contributed by atoms with E-state index in [9.17, 15) is 9.59 Å². The number of amides is 1. The normalized spacial score (nSPS) is 15.0. The number of carbonyl (C=O) groups is 1. The van der Waals surface area contributed by atoms with Crippen LogP contribution in [0.15, 0.2) is 29.1 Å². The van der Waals surface area contributed by atoms with Gasteiger partial charge in [-0.15, -0.1) is 0 Å². The highest BCUT2D eigenvalue weighted by atomic mass is 35.5. The van der Waals surface area contributed by atoms with Gasteiger partial charge in [-0.2, -0.15) is 4.98 Å². The summed E-state index contributed by atoms with van der Waals surface area (Å²) in [5.74, 6) is 0.0396. The van der Waals surface area contributed by atoms with Crippen LogP contribution in [-0.4, -0.2) is 70.1 Å². The van der Waals surface area contributed by atoms with Crippen molar-refractivity contribution in [1.82, 2.24) is 19.8 Å². The standard InChI is InChI=1S/C18H22ClN5O3/c1-12-15(17(26)24-8-6-23(7-9-24)10-11-25)16(22-18(27)20-12)21-14-4-2-13(19)3-5-14/h2-5,25H,6-11H2,1H3,(H2,20,21,22,27). The highest BCUT2D eigenvalue weighted by Crippen LogP contribution is 2.22. The summed E-state index contributed by atoms with van der Waals surface area (Å²) < 4.78 is 0. The Balaban J connectivity index is 1.85. The molecule has 0 spiro atoms. The highest BCUT2D eigenvalue weighted by molar-refractivity contribution is 6.30. The van der Waals surface area contributed by atoms with E-state index in [0.29, 0.717) is 54.7 Å². The van der Waals surface area contributed by atoms with Gasteiger partial charge in [0.05, 0.1) is 6.61 Å². The fraction of sp³-hybridized carbons (Fsp3) is 0.389. The Kier molecular flexibility index (Phi) is 6.10. The number of halogens is 1. The Morgan fingerprint density at radius 3 is 2.56 bits per heavy atom. The molecular weight excluding hydrogens is 370 g/mol. The maximum Gasteiger partial charge on any atom is 0.347 e. The van der Waals surface area contributed by atoms with Gasteiger partial charge in [0.15, 0.2) is 5.82 Å². The first kappa shape index (κ1) is 19.3. The number of aromatic nitrogens is 2. The van der Waals surface area contributed by atoms with Gasteiger partial charge in [0.2, 0.25) is 0 Å². The molecule has 3 rings (SSSR count). The third kappa shape index (κ3) is 4.65. The summed E-state index contributed by atoms with van der Waals surface area (Å²) in [7, 11) is 0. The van der Waals surface area contributed by atoms with Crippen LogP contribution < -0.4 is 11.0 Å². The largest absolute Gasteiger partial charge is 0.395 e. The minimum Gasteiger partial charge on any atom is -0.395 e. The number of nitrogens with zero attached hydrogens (tertiary/aromatic N) is 3. The maximum absolute atomic E-state index is 13.1. The molecular formula is C18H22ClN5O3. The van der Waals surface area contributed by atoms with Gasteiger partial charge in [-0.25, -0.2) is 4.79 Å². The molecule has 0 saturated carbocycles. The van der Waals surface area contributed by atoms with Crippen molar-refractivity contribution in [1.29, 1.82) is 0 Å². The molecule has 1 aromatic heterocycles. The molecule has 0 atom stereocenters. The zero-order valence-corrected chi connectivity index (χ0v) is 15.8. The van der Waals surface area contributed by atoms with E-state index in [0.717, 1.165) is 0 Å². The van der Waals surface area contributed by atoms with Gasteiger partial charge in [0.1, 0.15) is 5.56 Å². The van der Waals surface area contributed by atoms with Gasteiger partial charge in [0.25, 0.3) is 5.91 Å². The molecule has 0 bridgehead atoms. The van der Waals surface area contributed by atoms with Crippen LogP contribution in [0, 0.1) is 6.92 Å². The molecule has 27 heavy (non-hydrogen) atoms. The first-order valence-electron chi connectivity index (χ1n) is 8.74. The summed E-state index contributed by atoms with van der Waals surface area (Å²) in [6.07, 6.45) is 0. The number of aliphatic hydroxyl groups excluding tert-OH is 1. The fourth-order valence-electron chi connectivity index (χ4n) is 3.08. The van der Waals surface area contributed by atoms with Crippen molar-refractivity contribution >= 4 is 29.0 Å². The average molecular weight is 392 g/mol. The van der Waals surface area contributed by atoms with Gasteiger partial charge in [-0.1, -0.05) is 11.6 Å². The molecule has 1 amide bonds. The van der Waals surface area contributed by atoms with Gasteiger partial charge in [-0.05, 0) is 31.2 Å². The van der Waals surface area contributed by atoms with Gasteiger partial charge >= 0.3 is 5.69 Å². The molecule has 144 valence electrons. The van der Waals surface area contributed by atoms with E-state index < -0.39 is 5.69 Å². The molecule has 0 radical (unpaired) electrons. The fourth-order valence-corrected chi connectivity index (χ4v) is 3.21. The van der Waals surface area contributed by atoms with Crippen LogP contribution in [0.3, 0.4) is 0 Å². The monoisotopic (exact) mass is 391 g/mol. The molecule has 1 fully saturated rings. The van der Waals surface area contributed by atoms with E-state index in [1.54, 1.807) is 36.1 Å². The number of β-amino-alcohol motifs (C(OH)–C–C–N with tert-alkyl or cyclic N) is 1. The van der Waals surface area contributed by atoms with Crippen LogP contribution in [0.5, 0.6) is 0 Å². The lowest BCUT2D eigenvalue weighted by Crippen LogP contribution is -2.49. The minimum absolute atomic E-state index is 0.103. The van der Waals surface area contributed by atoms with Crippen molar-refractivity contribution in [3.05, 3.63) is 51.0 Å². The topological polar surface area (TPSA) is 102 Å². The van der Waals surface area contributed by atoms with Gasteiger partial charge < -0.3 is 20.3 Å². The van der Waals surface area contributed by atoms with Crippen LogP contribution in [0.25, 0.3) is 0 Å². The Hall–Kier alpha value is -2.42. The number of aromatic amines is 1. The second-order valence-corrected chi connectivity index (χ2v) is 6.82. The number of carbonyl (C=O) groups excluding carboxylic acids is 1. The van der Waals surface area contributed by atoms with Crippen molar-refractivity contribution < 1.29 is 9.90 Å². The molecule has 0 unspecified atom stereocenters. The molecule has 2 heterocycles. The lowest BCUT2D eigenvalue weighted by molar-refractivity contribution is 0.0614. The van der Waals surface area contributed by atoms with Crippen LogP contribution in [0.2, 0.25) is 5.02 Å². The average Bonchev–Trinajstić information content (AvgIpc) is 2.64. The third-order valence-electron chi connectivity index (χ3n) is 4.52. The van der Waals surface area contributed by atoms with Crippen LogP contribution >= 0.6 is 11.6 Å². The number of nitrogens with one attached hydrogen (secondary N) is 2. The first-order chi connectivity index (χ1) is 13.0. The summed E-state index contributed by atoms with van der Waals surface area (Å²) in [5.41, 5.74) is 0.974. The quantitative estimate of drug-likeness (QED) is 0.708. The van der Waals surface area contributed by atoms with Crippen molar-refractivity contribution in [3.63, 3.8) is 0 Å². The number of benzene rings is 1. The number of aliphatic hydroxyl groups is 1. The molecule has 3 N–H and O–H groups in total. The zero-order chi connectivity index (χ0) is 19.4. The minimum atomic E-state index is -0.520. The van der Waals surface area contributed by atoms with Crippen molar-refractivity contribution in [2.75, 3.05) is 44.6 Å². The summed E-state index contributed by atoms with van der Waals surface area (Å²) in [5, 5.41) is 12.7. The van der Waals surface area contributed by atoms with Crippen molar-refractivity contribution in [2.24, 2.45) is 0 Å². The Labute approximate surface area is 161 Å². The summed E-state index contributed by atoms with van der Waals surface area (Å²) in [6, 6.07) is 6.93. The first-order valence-corrected chi connectivity index (χ1v) is 9.11. The molecule has 0 aliphatic carbocycles. The van der Waals surface area contributed by atoms with Crippen molar-refractivity contribution in [3.8, 4) is 0 Å². The maximum atomic E-state index is 13.1. The lowest BCUT2D eigenvalue weighted by Gasteiger charge is -2.34.